The van der Waals surface area contributed by atoms with Crippen LogP contribution in [0, 0.1) is 11.2 Å². The number of fused-ring (bicyclic) bond motifs is 1. The standard InChI is InChI=1S/C30H33FN4O3/c31-21-8-11-25-23(16-21)34-28(20-5-4-14-32-18-20)35(25)22-9-6-19(7-10-22)15-24(29(37)38)33-26-17-27(36)30(26)12-2-1-3-13-30/h6-11,16,20,24,32H,1-5,12-15,17-18H2,(H,37,38)/t20?,24-/m0/s1. The first-order valence-corrected chi connectivity index (χ1v) is 13.8. The lowest BCUT2D eigenvalue weighted by Crippen LogP contribution is -2.52. The number of imidazole rings is 1. The van der Waals surface area contributed by atoms with Crippen molar-refractivity contribution in [1.29, 1.82) is 0 Å². The molecule has 1 spiro atoms. The summed E-state index contributed by atoms with van der Waals surface area (Å²) in [5.74, 6) is 0.0777. The molecular weight excluding hydrogens is 483 g/mol. The molecule has 8 heteroatoms. The Balaban J connectivity index is 1.28. The number of aliphatic carboxylic acids is 1. The Morgan fingerprint density at radius 3 is 2.63 bits per heavy atom. The van der Waals surface area contributed by atoms with Gasteiger partial charge in [-0.15, -0.1) is 0 Å². The molecule has 2 aromatic carbocycles. The van der Waals surface area contributed by atoms with Crippen LogP contribution in [0.25, 0.3) is 16.7 Å². The number of hydrogen-bond acceptors (Lipinski definition) is 5. The van der Waals surface area contributed by atoms with Gasteiger partial charge in [0.05, 0.1) is 16.4 Å². The fraction of sp³-hybridized carbons (Fsp3) is 0.467. The van der Waals surface area contributed by atoms with Crippen molar-refractivity contribution in [2.75, 3.05) is 13.1 Å². The van der Waals surface area contributed by atoms with Crippen LogP contribution in [-0.2, 0) is 16.0 Å². The van der Waals surface area contributed by atoms with Crippen molar-refractivity contribution >= 4 is 28.5 Å². The van der Waals surface area contributed by atoms with Crippen LogP contribution in [0.15, 0.2) is 47.5 Å². The van der Waals surface area contributed by atoms with Crippen LogP contribution in [0.5, 0.6) is 0 Å². The Morgan fingerprint density at radius 2 is 1.95 bits per heavy atom. The van der Waals surface area contributed by atoms with E-state index in [9.17, 15) is 19.1 Å². The maximum Gasteiger partial charge on any atom is 0.328 e. The molecule has 2 N–H and O–H groups in total. The van der Waals surface area contributed by atoms with E-state index in [2.05, 4.69) is 14.9 Å². The highest BCUT2D eigenvalue weighted by atomic mass is 19.1. The smallest absolute Gasteiger partial charge is 0.328 e. The zero-order chi connectivity index (χ0) is 26.3. The maximum absolute atomic E-state index is 14.0. The Hall–Kier alpha value is -3.39. The van der Waals surface area contributed by atoms with Gasteiger partial charge in [-0.1, -0.05) is 31.4 Å². The molecule has 3 fully saturated rings. The van der Waals surface area contributed by atoms with Crippen LogP contribution in [0.4, 0.5) is 4.39 Å². The average Bonchev–Trinajstić information content (AvgIpc) is 3.32. The molecule has 2 atom stereocenters. The number of carboxylic acid groups (broad SMARTS) is 1. The minimum absolute atomic E-state index is 0.223. The molecule has 6 rings (SSSR count). The molecule has 2 saturated carbocycles. The summed E-state index contributed by atoms with van der Waals surface area (Å²) in [5.41, 5.74) is 3.54. The zero-order valence-electron chi connectivity index (χ0n) is 21.5. The van der Waals surface area contributed by atoms with E-state index in [1.165, 1.54) is 12.1 Å². The van der Waals surface area contributed by atoms with Crippen molar-refractivity contribution in [1.82, 2.24) is 14.9 Å². The first-order chi connectivity index (χ1) is 18.4. The molecule has 1 saturated heterocycles. The van der Waals surface area contributed by atoms with Gasteiger partial charge in [-0.25, -0.2) is 14.2 Å². The molecule has 2 heterocycles. The monoisotopic (exact) mass is 516 g/mol. The normalized spacial score (nSPS) is 23.0. The van der Waals surface area contributed by atoms with E-state index < -0.39 is 17.4 Å². The van der Waals surface area contributed by atoms with Crippen LogP contribution < -0.4 is 5.32 Å². The quantitative estimate of drug-likeness (QED) is 0.481. The number of halogens is 1. The van der Waals surface area contributed by atoms with Gasteiger partial charge in [0.1, 0.15) is 17.4 Å². The van der Waals surface area contributed by atoms with Crippen molar-refractivity contribution in [2.24, 2.45) is 10.4 Å². The number of aliphatic imine (C=N–C) groups is 1. The highest BCUT2D eigenvalue weighted by Gasteiger charge is 2.52. The summed E-state index contributed by atoms with van der Waals surface area (Å²) < 4.78 is 16.1. The van der Waals surface area contributed by atoms with Crippen molar-refractivity contribution in [3.05, 3.63) is 59.7 Å². The van der Waals surface area contributed by atoms with Crippen LogP contribution in [0.2, 0.25) is 0 Å². The highest BCUT2D eigenvalue weighted by Crippen LogP contribution is 2.47. The number of carbonyl (C=O) groups excluding carboxylic acids is 1. The van der Waals surface area contributed by atoms with E-state index >= 15 is 0 Å². The molecule has 2 aliphatic carbocycles. The Labute approximate surface area is 221 Å². The lowest BCUT2D eigenvalue weighted by atomic mass is 9.58. The molecule has 1 aromatic heterocycles. The van der Waals surface area contributed by atoms with E-state index in [1.54, 1.807) is 6.07 Å². The average molecular weight is 517 g/mol. The number of nitrogens with one attached hydrogen (secondary N) is 1. The molecule has 38 heavy (non-hydrogen) atoms. The number of aromatic nitrogens is 2. The van der Waals surface area contributed by atoms with Gasteiger partial charge in [-0.2, -0.15) is 0 Å². The second-order valence-electron chi connectivity index (χ2n) is 11.0. The van der Waals surface area contributed by atoms with Gasteiger partial charge in [0.2, 0.25) is 0 Å². The van der Waals surface area contributed by atoms with Gasteiger partial charge in [-0.05, 0) is 62.1 Å². The van der Waals surface area contributed by atoms with Gasteiger partial charge < -0.3 is 10.4 Å². The lowest BCUT2D eigenvalue weighted by molar-refractivity contribution is -0.138. The second-order valence-corrected chi connectivity index (χ2v) is 11.0. The molecule has 7 nitrogen and oxygen atoms in total. The predicted octanol–water partition coefficient (Wildman–Crippen LogP) is 4.99. The molecule has 3 aromatic rings. The van der Waals surface area contributed by atoms with Gasteiger partial charge in [0.25, 0.3) is 0 Å². The van der Waals surface area contributed by atoms with Crippen LogP contribution in [-0.4, -0.2) is 51.3 Å². The molecule has 1 unspecified atom stereocenters. The van der Waals surface area contributed by atoms with Gasteiger partial charge >= 0.3 is 5.97 Å². The second kappa shape index (κ2) is 10.1. The molecule has 0 radical (unpaired) electrons. The third-order valence-corrected chi connectivity index (χ3v) is 8.65. The number of rotatable bonds is 6. The predicted molar refractivity (Wildman–Crippen MR) is 144 cm³/mol. The van der Waals surface area contributed by atoms with E-state index in [4.69, 9.17) is 4.98 Å². The largest absolute Gasteiger partial charge is 0.480 e. The van der Waals surface area contributed by atoms with Gasteiger partial charge in [0.15, 0.2) is 6.04 Å². The number of ketones is 1. The van der Waals surface area contributed by atoms with E-state index in [-0.39, 0.29) is 30.4 Å². The Bertz CT molecular complexity index is 1400. The summed E-state index contributed by atoms with van der Waals surface area (Å²) in [6.45, 7) is 1.82. The fourth-order valence-electron chi connectivity index (χ4n) is 6.51. The van der Waals surface area contributed by atoms with Crippen LogP contribution in [0.1, 0.15) is 68.7 Å². The summed E-state index contributed by atoms with van der Waals surface area (Å²) in [7, 11) is 0. The number of nitrogens with zero attached hydrogens (tertiary/aromatic N) is 3. The van der Waals surface area contributed by atoms with E-state index in [0.717, 1.165) is 86.3 Å². The Kier molecular flexibility index (Phi) is 6.60. The number of hydrogen-bond donors (Lipinski definition) is 2. The third-order valence-electron chi connectivity index (χ3n) is 8.65. The van der Waals surface area contributed by atoms with Crippen LogP contribution >= 0.6 is 0 Å². The first kappa shape index (κ1) is 24.9. The Morgan fingerprint density at radius 1 is 1.16 bits per heavy atom. The first-order valence-electron chi connectivity index (χ1n) is 13.8. The summed E-state index contributed by atoms with van der Waals surface area (Å²) in [5, 5.41) is 13.4. The van der Waals surface area contributed by atoms with Crippen LogP contribution in [0.3, 0.4) is 0 Å². The van der Waals surface area contributed by atoms with Crippen molar-refractivity contribution < 1.29 is 19.1 Å². The van der Waals surface area contributed by atoms with Crippen molar-refractivity contribution in [3.63, 3.8) is 0 Å². The number of carboxylic acids is 1. The number of piperidine rings is 1. The summed E-state index contributed by atoms with van der Waals surface area (Å²) >= 11 is 0. The van der Waals surface area contributed by atoms with Gasteiger partial charge in [-0.3, -0.25) is 14.4 Å². The highest BCUT2D eigenvalue weighted by molar-refractivity contribution is 6.27. The minimum Gasteiger partial charge on any atom is -0.480 e. The number of carbonyl (C=O) groups is 2. The third kappa shape index (κ3) is 4.45. The lowest BCUT2D eigenvalue weighted by Gasteiger charge is -2.44. The van der Waals surface area contributed by atoms with E-state index in [0.29, 0.717) is 5.52 Å². The SMILES string of the molecule is O=C(O)[C@H](Cc1ccc(-n2c(C3CCCNC3)nc3cc(F)ccc32)cc1)N=C1CC(=O)C12CCCCC2. The molecule has 0 amide bonds. The topological polar surface area (TPSA) is 96.6 Å². The number of Topliss-reactive ketones (excluding diaryl/α,β-unsaturated/α-hetero) is 1. The summed E-state index contributed by atoms with van der Waals surface area (Å²) in [6, 6.07) is 11.6. The molecule has 0 bridgehead atoms. The maximum atomic E-state index is 14.0. The van der Waals surface area contributed by atoms with E-state index in [1.807, 2.05) is 24.3 Å². The summed E-state index contributed by atoms with van der Waals surface area (Å²) in [4.78, 5) is 34.1. The summed E-state index contributed by atoms with van der Waals surface area (Å²) in [6.07, 6.45) is 7.35. The van der Waals surface area contributed by atoms with Crippen molar-refractivity contribution in [3.8, 4) is 5.69 Å². The minimum atomic E-state index is -0.971. The molecular formula is C30H33FN4O3. The molecule has 198 valence electrons. The van der Waals surface area contributed by atoms with Crippen molar-refractivity contribution in [2.45, 2.75) is 69.7 Å². The molecule has 3 aliphatic rings. The molecule has 1 aliphatic heterocycles. The zero-order valence-corrected chi connectivity index (χ0v) is 21.5. The van der Waals surface area contributed by atoms with Gasteiger partial charge in [0, 0.05) is 42.8 Å². The fourth-order valence-corrected chi connectivity index (χ4v) is 6.51. The number of benzene rings is 2.